The van der Waals surface area contributed by atoms with Crippen molar-refractivity contribution < 1.29 is 19.5 Å². The second-order valence-electron chi connectivity index (χ2n) is 6.59. The maximum absolute atomic E-state index is 12.6. The van der Waals surface area contributed by atoms with Crippen LogP contribution in [0.3, 0.4) is 0 Å². The number of carboxylic acids is 1. The van der Waals surface area contributed by atoms with Crippen molar-refractivity contribution in [3.05, 3.63) is 35.0 Å². The minimum atomic E-state index is -0.885. The number of likely N-dealkylation sites (N-methyl/N-ethyl adjacent to an activating group) is 1. The third-order valence-corrected chi connectivity index (χ3v) is 4.89. The van der Waals surface area contributed by atoms with Crippen LogP contribution in [0.25, 0.3) is 10.9 Å². The van der Waals surface area contributed by atoms with Gasteiger partial charge in [-0.2, -0.15) is 0 Å². The molecule has 2 N–H and O–H groups in total. The topological polar surface area (TPSA) is 93.7 Å². The van der Waals surface area contributed by atoms with Crippen LogP contribution in [0.2, 0.25) is 5.02 Å². The molecule has 1 aliphatic heterocycles. The van der Waals surface area contributed by atoms with E-state index in [2.05, 4.69) is 4.98 Å². The van der Waals surface area contributed by atoms with E-state index < -0.39 is 11.9 Å². The Morgan fingerprint density at radius 3 is 2.85 bits per heavy atom. The van der Waals surface area contributed by atoms with Gasteiger partial charge in [0.05, 0.1) is 12.5 Å². The monoisotopic (exact) mass is 377 g/mol. The van der Waals surface area contributed by atoms with E-state index in [0.29, 0.717) is 30.1 Å². The largest absolute Gasteiger partial charge is 0.481 e. The smallest absolute Gasteiger partial charge is 0.308 e. The summed E-state index contributed by atoms with van der Waals surface area (Å²) in [5.41, 5.74) is 1.13. The molecule has 1 fully saturated rings. The normalized spacial score (nSPS) is 17.3. The van der Waals surface area contributed by atoms with Crippen LogP contribution < -0.4 is 0 Å². The molecule has 26 heavy (non-hydrogen) atoms. The Morgan fingerprint density at radius 1 is 1.35 bits per heavy atom. The van der Waals surface area contributed by atoms with E-state index >= 15 is 0 Å². The number of hydrogen-bond acceptors (Lipinski definition) is 3. The van der Waals surface area contributed by atoms with Crippen molar-refractivity contribution in [1.29, 1.82) is 0 Å². The molecule has 2 aromatic rings. The fraction of sp³-hybridized carbons (Fsp3) is 0.389. The second kappa shape index (κ2) is 7.37. The number of likely N-dealkylation sites (tertiary alicyclic amines) is 1. The minimum Gasteiger partial charge on any atom is -0.481 e. The first kappa shape index (κ1) is 18.3. The first-order chi connectivity index (χ1) is 12.3. The number of aliphatic carboxylic acids is 1. The van der Waals surface area contributed by atoms with Gasteiger partial charge in [-0.05, 0) is 31.0 Å². The number of amides is 2. The van der Waals surface area contributed by atoms with E-state index in [0.717, 1.165) is 10.9 Å². The fourth-order valence-electron chi connectivity index (χ4n) is 3.20. The highest BCUT2D eigenvalue weighted by Crippen LogP contribution is 2.21. The molecule has 1 saturated heterocycles. The molecule has 0 saturated carbocycles. The lowest BCUT2D eigenvalue weighted by Crippen LogP contribution is -2.46. The zero-order valence-corrected chi connectivity index (χ0v) is 15.1. The molecule has 0 spiro atoms. The molecule has 8 heteroatoms. The van der Waals surface area contributed by atoms with Gasteiger partial charge in [0.25, 0.3) is 5.91 Å². The summed E-state index contributed by atoms with van der Waals surface area (Å²) in [7, 11) is 1.55. The third kappa shape index (κ3) is 3.83. The Labute approximate surface area is 155 Å². The van der Waals surface area contributed by atoms with Crippen LogP contribution in [0.4, 0.5) is 0 Å². The van der Waals surface area contributed by atoms with Crippen molar-refractivity contribution in [3.8, 4) is 0 Å². The highest BCUT2D eigenvalue weighted by Gasteiger charge is 2.29. The van der Waals surface area contributed by atoms with E-state index in [1.165, 1.54) is 9.80 Å². The van der Waals surface area contributed by atoms with Gasteiger partial charge in [-0.15, -0.1) is 0 Å². The van der Waals surface area contributed by atoms with Crippen molar-refractivity contribution >= 4 is 40.3 Å². The summed E-state index contributed by atoms with van der Waals surface area (Å²) in [5, 5.41) is 10.6. The highest BCUT2D eigenvalue weighted by atomic mass is 35.5. The number of hydrogen-bond donors (Lipinski definition) is 2. The van der Waals surface area contributed by atoms with Crippen LogP contribution in [-0.2, 0) is 9.59 Å². The van der Waals surface area contributed by atoms with Gasteiger partial charge >= 0.3 is 5.97 Å². The summed E-state index contributed by atoms with van der Waals surface area (Å²) in [4.78, 5) is 42.0. The van der Waals surface area contributed by atoms with E-state index in [-0.39, 0.29) is 24.9 Å². The first-order valence-electron chi connectivity index (χ1n) is 8.39. The lowest BCUT2D eigenvalue weighted by atomic mass is 9.98. The summed E-state index contributed by atoms with van der Waals surface area (Å²) in [5.74, 6) is -1.97. The molecule has 0 aliphatic carbocycles. The number of aromatic amines is 1. The van der Waals surface area contributed by atoms with E-state index in [4.69, 9.17) is 16.7 Å². The third-order valence-electron chi connectivity index (χ3n) is 4.66. The minimum absolute atomic E-state index is 0.0959. The van der Waals surface area contributed by atoms with Crippen LogP contribution >= 0.6 is 11.6 Å². The van der Waals surface area contributed by atoms with Crippen molar-refractivity contribution in [2.24, 2.45) is 5.92 Å². The average molecular weight is 378 g/mol. The highest BCUT2D eigenvalue weighted by molar-refractivity contribution is 6.31. The zero-order valence-electron chi connectivity index (χ0n) is 14.4. The summed E-state index contributed by atoms with van der Waals surface area (Å²) in [6.45, 7) is 0.623. The fourth-order valence-corrected chi connectivity index (χ4v) is 3.37. The van der Waals surface area contributed by atoms with Gasteiger partial charge in [0.2, 0.25) is 5.91 Å². The van der Waals surface area contributed by atoms with E-state index in [1.807, 2.05) is 6.07 Å². The van der Waals surface area contributed by atoms with Crippen LogP contribution in [0.1, 0.15) is 23.3 Å². The predicted octanol–water partition coefficient (Wildman–Crippen LogP) is 2.22. The predicted molar refractivity (Wildman–Crippen MR) is 97.2 cm³/mol. The van der Waals surface area contributed by atoms with Crippen LogP contribution in [0.15, 0.2) is 24.3 Å². The molecule has 1 aliphatic rings. The number of carbonyl (C=O) groups excluding carboxylic acids is 2. The van der Waals surface area contributed by atoms with Gasteiger partial charge in [0, 0.05) is 36.1 Å². The Hall–Kier alpha value is -2.54. The van der Waals surface area contributed by atoms with Crippen molar-refractivity contribution in [2.75, 3.05) is 26.7 Å². The number of carbonyl (C=O) groups is 3. The van der Waals surface area contributed by atoms with Gasteiger partial charge in [-0.25, -0.2) is 0 Å². The molecular weight excluding hydrogens is 358 g/mol. The summed E-state index contributed by atoms with van der Waals surface area (Å²) in [6.07, 6.45) is 1.23. The number of rotatable bonds is 4. The van der Waals surface area contributed by atoms with Gasteiger partial charge in [0.1, 0.15) is 5.69 Å². The van der Waals surface area contributed by atoms with Crippen LogP contribution in [0.5, 0.6) is 0 Å². The van der Waals surface area contributed by atoms with Gasteiger partial charge in [-0.3, -0.25) is 14.4 Å². The SMILES string of the molecule is CN(CC(=O)N1CCCC(C(=O)O)C1)C(=O)c1cc2ccc(Cl)cc2[nH]1. The number of halogens is 1. The quantitative estimate of drug-likeness (QED) is 0.854. The molecule has 1 atom stereocenters. The van der Waals surface area contributed by atoms with Gasteiger partial charge < -0.3 is 19.9 Å². The van der Waals surface area contributed by atoms with E-state index in [1.54, 1.807) is 25.2 Å². The average Bonchev–Trinajstić information content (AvgIpc) is 3.04. The Kier molecular flexibility index (Phi) is 5.18. The number of benzene rings is 1. The molecule has 1 aromatic heterocycles. The molecule has 1 aromatic carbocycles. The summed E-state index contributed by atoms with van der Waals surface area (Å²) >= 11 is 5.95. The Bertz CT molecular complexity index is 863. The van der Waals surface area contributed by atoms with Crippen LogP contribution in [0, 0.1) is 5.92 Å². The van der Waals surface area contributed by atoms with Crippen LogP contribution in [-0.4, -0.2) is 64.4 Å². The maximum Gasteiger partial charge on any atom is 0.308 e. The molecule has 3 rings (SSSR count). The Morgan fingerprint density at radius 2 is 2.12 bits per heavy atom. The summed E-state index contributed by atoms with van der Waals surface area (Å²) < 4.78 is 0. The zero-order chi connectivity index (χ0) is 18.8. The van der Waals surface area contributed by atoms with Crippen molar-refractivity contribution in [1.82, 2.24) is 14.8 Å². The van der Waals surface area contributed by atoms with Gasteiger partial charge in [0.15, 0.2) is 0 Å². The molecule has 138 valence electrons. The molecule has 0 bridgehead atoms. The number of aromatic nitrogens is 1. The van der Waals surface area contributed by atoms with Gasteiger partial charge in [-0.1, -0.05) is 17.7 Å². The molecular formula is C18H20ClN3O4. The maximum atomic E-state index is 12.6. The second-order valence-corrected chi connectivity index (χ2v) is 7.03. The van der Waals surface area contributed by atoms with E-state index in [9.17, 15) is 14.4 Å². The van der Waals surface area contributed by atoms with Crippen molar-refractivity contribution in [3.63, 3.8) is 0 Å². The Balaban J connectivity index is 1.66. The number of fused-ring (bicyclic) bond motifs is 1. The lowest BCUT2D eigenvalue weighted by molar-refractivity contribution is -0.145. The molecule has 2 heterocycles. The first-order valence-corrected chi connectivity index (χ1v) is 8.77. The summed E-state index contributed by atoms with van der Waals surface area (Å²) in [6, 6.07) is 7.01. The molecule has 1 unspecified atom stereocenters. The number of piperidine rings is 1. The number of nitrogens with one attached hydrogen (secondary N) is 1. The molecule has 7 nitrogen and oxygen atoms in total. The number of carboxylic acid groups (broad SMARTS) is 1. The molecule has 2 amide bonds. The number of H-pyrrole nitrogens is 1. The lowest BCUT2D eigenvalue weighted by Gasteiger charge is -2.31. The standard InChI is InChI=1S/C18H20ClN3O4/c1-21(10-16(23)22-6-2-3-12(9-22)18(25)26)17(24)15-7-11-4-5-13(19)8-14(11)20-15/h4-5,7-8,12,20H,2-3,6,9-10H2,1H3,(H,25,26). The van der Waals surface area contributed by atoms with Crippen molar-refractivity contribution in [2.45, 2.75) is 12.8 Å². The number of nitrogens with zero attached hydrogens (tertiary/aromatic N) is 2. The molecule has 0 radical (unpaired) electrons.